The topological polar surface area (TPSA) is 52.9 Å². The van der Waals surface area contributed by atoms with Crippen LogP contribution in [0, 0.1) is 5.92 Å². The zero-order valence-electron chi connectivity index (χ0n) is 9.90. The number of aromatic nitrogens is 2. The molecule has 0 atom stereocenters. The first-order chi connectivity index (χ1) is 7.50. The van der Waals surface area contributed by atoms with Crippen molar-refractivity contribution in [2.24, 2.45) is 13.0 Å². The van der Waals surface area contributed by atoms with Crippen molar-refractivity contribution in [2.75, 3.05) is 5.73 Å². The SMILES string of the molecule is CC(C)Cn1c(=O)c2ccc(N)cc2n1C. The minimum Gasteiger partial charge on any atom is -0.399 e. The first-order valence-corrected chi connectivity index (χ1v) is 5.45. The van der Waals surface area contributed by atoms with Gasteiger partial charge in [0.05, 0.1) is 10.9 Å². The maximum atomic E-state index is 12.1. The third kappa shape index (κ3) is 1.60. The smallest absolute Gasteiger partial charge is 0.274 e. The molecule has 0 radical (unpaired) electrons. The third-order valence-corrected chi connectivity index (χ3v) is 2.74. The van der Waals surface area contributed by atoms with Crippen molar-refractivity contribution in [3.8, 4) is 0 Å². The number of nitrogens with zero attached hydrogens (tertiary/aromatic N) is 2. The highest BCUT2D eigenvalue weighted by molar-refractivity contribution is 5.81. The average Bonchev–Trinajstić information content (AvgIpc) is 2.43. The van der Waals surface area contributed by atoms with Crippen LogP contribution in [0.3, 0.4) is 0 Å². The molecule has 4 heteroatoms. The predicted octanol–water partition coefficient (Wildman–Crippen LogP) is 1.58. The number of hydrogen-bond donors (Lipinski definition) is 1. The Morgan fingerprint density at radius 2 is 2.06 bits per heavy atom. The monoisotopic (exact) mass is 219 g/mol. The minimum atomic E-state index is 0.0613. The third-order valence-electron chi connectivity index (χ3n) is 2.74. The van der Waals surface area contributed by atoms with E-state index in [0.29, 0.717) is 11.6 Å². The normalized spacial score (nSPS) is 11.5. The van der Waals surface area contributed by atoms with Crippen molar-refractivity contribution >= 4 is 16.6 Å². The summed E-state index contributed by atoms with van der Waals surface area (Å²) in [7, 11) is 1.89. The molecule has 16 heavy (non-hydrogen) atoms. The van der Waals surface area contributed by atoms with Crippen LogP contribution < -0.4 is 11.3 Å². The lowest BCUT2D eigenvalue weighted by molar-refractivity contribution is 0.424. The van der Waals surface area contributed by atoms with E-state index < -0.39 is 0 Å². The average molecular weight is 219 g/mol. The summed E-state index contributed by atoms with van der Waals surface area (Å²) in [5.74, 6) is 0.443. The van der Waals surface area contributed by atoms with Gasteiger partial charge in [-0.2, -0.15) is 0 Å². The summed E-state index contributed by atoms with van der Waals surface area (Å²) in [6, 6.07) is 5.40. The van der Waals surface area contributed by atoms with E-state index in [0.717, 1.165) is 17.4 Å². The number of benzene rings is 1. The molecule has 0 fully saturated rings. The number of fused-ring (bicyclic) bond motifs is 1. The van der Waals surface area contributed by atoms with Crippen LogP contribution in [0.25, 0.3) is 10.9 Å². The van der Waals surface area contributed by atoms with Crippen LogP contribution in [0.1, 0.15) is 13.8 Å². The van der Waals surface area contributed by atoms with Crippen LogP contribution in [0.5, 0.6) is 0 Å². The highest BCUT2D eigenvalue weighted by atomic mass is 16.1. The van der Waals surface area contributed by atoms with Crippen molar-refractivity contribution in [1.82, 2.24) is 9.36 Å². The van der Waals surface area contributed by atoms with Gasteiger partial charge >= 0.3 is 0 Å². The van der Waals surface area contributed by atoms with Gasteiger partial charge in [-0.15, -0.1) is 0 Å². The van der Waals surface area contributed by atoms with Crippen LogP contribution in [0.4, 0.5) is 5.69 Å². The van der Waals surface area contributed by atoms with E-state index in [9.17, 15) is 4.79 Å². The Kier molecular flexibility index (Phi) is 2.50. The van der Waals surface area contributed by atoms with Crippen LogP contribution in [-0.4, -0.2) is 9.36 Å². The van der Waals surface area contributed by atoms with E-state index in [1.54, 1.807) is 16.8 Å². The van der Waals surface area contributed by atoms with E-state index >= 15 is 0 Å². The number of aryl methyl sites for hydroxylation is 1. The maximum Gasteiger partial charge on any atom is 0.274 e. The summed E-state index contributed by atoms with van der Waals surface area (Å²) < 4.78 is 3.64. The fourth-order valence-electron chi connectivity index (χ4n) is 1.95. The van der Waals surface area contributed by atoms with Gasteiger partial charge in [0.15, 0.2) is 0 Å². The molecule has 0 unspecified atom stereocenters. The summed E-state index contributed by atoms with van der Waals surface area (Å²) in [5.41, 5.74) is 7.37. The van der Waals surface area contributed by atoms with E-state index in [1.165, 1.54) is 0 Å². The van der Waals surface area contributed by atoms with Gasteiger partial charge in [-0.05, 0) is 24.1 Å². The number of hydrogen-bond acceptors (Lipinski definition) is 2. The highest BCUT2D eigenvalue weighted by Crippen LogP contribution is 2.14. The van der Waals surface area contributed by atoms with Gasteiger partial charge < -0.3 is 5.73 Å². The Labute approximate surface area is 94.3 Å². The second kappa shape index (κ2) is 3.70. The van der Waals surface area contributed by atoms with Gasteiger partial charge in [0.1, 0.15) is 0 Å². The fraction of sp³-hybridized carbons (Fsp3) is 0.417. The Morgan fingerprint density at radius 3 is 2.69 bits per heavy atom. The lowest BCUT2D eigenvalue weighted by Gasteiger charge is -2.09. The first kappa shape index (κ1) is 10.8. The molecule has 2 rings (SSSR count). The first-order valence-electron chi connectivity index (χ1n) is 5.45. The molecule has 1 aromatic carbocycles. The number of rotatable bonds is 2. The molecule has 0 saturated heterocycles. The number of nitrogens with two attached hydrogens (primary N) is 1. The molecule has 0 amide bonds. The van der Waals surface area contributed by atoms with E-state index in [2.05, 4.69) is 13.8 Å². The second-order valence-corrected chi connectivity index (χ2v) is 4.58. The van der Waals surface area contributed by atoms with Gasteiger partial charge in [0, 0.05) is 19.3 Å². The standard InChI is InChI=1S/C12H17N3O/c1-8(2)7-15-12(16)10-5-4-9(13)6-11(10)14(15)3/h4-6,8H,7,13H2,1-3H3. The largest absolute Gasteiger partial charge is 0.399 e. The van der Waals surface area contributed by atoms with Crippen molar-refractivity contribution in [1.29, 1.82) is 0 Å². The van der Waals surface area contributed by atoms with Gasteiger partial charge in [-0.3, -0.25) is 9.48 Å². The van der Waals surface area contributed by atoms with Crippen LogP contribution in [-0.2, 0) is 13.6 Å². The molecule has 2 N–H and O–H groups in total. The molecule has 0 aliphatic heterocycles. The molecular formula is C12H17N3O. The van der Waals surface area contributed by atoms with Crippen molar-refractivity contribution < 1.29 is 0 Å². The fourth-order valence-corrected chi connectivity index (χ4v) is 1.95. The molecule has 1 aromatic heterocycles. The van der Waals surface area contributed by atoms with Gasteiger partial charge in [0.25, 0.3) is 5.56 Å². The zero-order valence-corrected chi connectivity index (χ0v) is 9.90. The molecule has 86 valence electrons. The Hall–Kier alpha value is -1.71. The Balaban J connectivity index is 2.72. The van der Waals surface area contributed by atoms with Crippen LogP contribution in [0.2, 0.25) is 0 Å². The summed E-state index contributed by atoms with van der Waals surface area (Å²) in [4.78, 5) is 12.1. The van der Waals surface area contributed by atoms with E-state index in [1.807, 2.05) is 17.8 Å². The summed E-state index contributed by atoms with van der Waals surface area (Å²) >= 11 is 0. The minimum absolute atomic E-state index is 0.0613. The maximum absolute atomic E-state index is 12.1. The van der Waals surface area contributed by atoms with Gasteiger partial charge in [-0.1, -0.05) is 13.8 Å². The number of nitrogen functional groups attached to an aromatic ring is 1. The number of anilines is 1. The summed E-state index contributed by atoms with van der Waals surface area (Å²) in [5, 5.41) is 0.734. The molecule has 0 spiro atoms. The predicted molar refractivity (Wildman–Crippen MR) is 66.4 cm³/mol. The van der Waals surface area contributed by atoms with Crippen molar-refractivity contribution in [3.63, 3.8) is 0 Å². The molecule has 0 aliphatic rings. The van der Waals surface area contributed by atoms with Crippen LogP contribution in [0.15, 0.2) is 23.0 Å². The molecular weight excluding hydrogens is 202 g/mol. The quantitative estimate of drug-likeness (QED) is 0.780. The summed E-state index contributed by atoms with van der Waals surface area (Å²) in [6.07, 6.45) is 0. The molecule has 2 aromatic rings. The summed E-state index contributed by atoms with van der Waals surface area (Å²) in [6.45, 7) is 4.92. The van der Waals surface area contributed by atoms with Gasteiger partial charge in [-0.25, -0.2) is 4.68 Å². The molecule has 4 nitrogen and oxygen atoms in total. The van der Waals surface area contributed by atoms with Crippen LogP contribution >= 0.6 is 0 Å². The second-order valence-electron chi connectivity index (χ2n) is 4.58. The molecule has 0 aliphatic carbocycles. The Morgan fingerprint density at radius 1 is 1.38 bits per heavy atom. The lowest BCUT2D eigenvalue weighted by atomic mass is 10.2. The van der Waals surface area contributed by atoms with E-state index in [-0.39, 0.29) is 5.56 Å². The molecule has 1 heterocycles. The lowest BCUT2D eigenvalue weighted by Crippen LogP contribution is -2.23. The Bertz CT molecular complexity index is 578. The van der Waals surface area contributed by atoms with Gasteiger partial charge in [0.2, 0.25) is 0 Å². The molecule has 0 bridgehead atoms. The van der Waals surface area contributed by atoms with Crippen molar-refractivity contribution in [3.05, 3.63) is 28.6 Å². The van der Waals surface area contributed by atoms with Crippen molar-refractivity contribution in [2.45, 2.75) is 20.4 Å². The molecule has 0 saturated carbocycles. The van der Waals surface area contributed by atoms with E-state index in [4.69, 9.17) is 5.73 Å². The zero-order chi connectivity index (χ0) is 11.9. The highest BCUT2D eigenvalue weighted by Gasteiger charge is 2.11.